The van der Waals surface area contributed by atoms with Crippen molar-refractivity contribution in [3.63, 3.8) is 0 Å². The minimum Gasteiger partial charge on any atom is -0.312 e. The third-order valence-corrected chi connectivity index (χ3v) is 6.77. The molecule has 19 heavy (non-hydrogen) atoms. The number of hydrogen-bond donors (Lipinski definition) is 1. The van der Waals surface area contributed by atoms with Gasteiger partial charge >= 0.3 is 0 Å². The first-order valence-corrected chi connectivity index (χ1v) is 9.16. The van der Waals surface area contributed by atoms with Gasteiger partial charge in [0.15, 0.2) is 0 Å². The van der Waals surface area contributed by atoms with E-state index in [1.807, 2.05) is 13.0 Å². The van der Waals surface area contributed by atoms with Gasteiger partial charge in [-0.15, -0.1) is 11.3 Å². The summed E-state index contributed by atoms with van der Waals surface area (Å²) in [6, 6.07) is 3.90. The topological polar surface area (TPSA) is 49.4 Å². The van der Waals surface area contributed by atoms with Crippen molar-refractivity contribution in [1.82, 2.24) is 9.62 Å². The molecule has 0 atom stereocenters. The van der Waals surface area contributed by atoms with Gasteiger partial charge in [-0.1, -0.05) is 13.8 Å². The number of hydrogen-bond acceptors (Lipinski definition) is 4. The van der Waals surface area contributed by atoms with Crippen molar-refractivity contribution in [2.45, 2.75) is 49.9 Å². The summed E-state index contributed by atoms with van der Waals surface area (Å²) in [7, 11) is -3.27. The first-order chi connectivity index (χ1) is 9.09. The fraction of sp³-hybridized carbons (Fsp3) is 0.692. The second-order valence-electron chi connectivity index (χ2n) is 4.84. The van der Waals surface area contributed by atoms with Gasteiger partial charge in [0.05, 0.1) is 0 Å². The van der Waals surface area contributed by atoms with E-state index < -0.39 is 10.0 Å². The minimum atomic E-state index is -3.27. The standard InChI is InChI=1S/C13H22N2O2S2/c1-3-9-14-10-12-7-8-13(18-12)19(16,17)15(4-2)11-5-6-11/h7-8,11,14H,3-6,9-10H2,1-2H3. The number of rotatable bonds is 8. The Hall–Kier alpha value is -0.430. The van der Waals surface area contributed by atoms with Crippen molar-refractivity contribution in [1.29, 1.82) is 0 Å². The predicted octanol–water partition coefficient (Wildman–Crippen LogP) is 2.42. The predicted molar refractivity (Wildman–Crippen MR) is 78.9 cm³/mol. The van der Waals surface area contributed by atoms with E-state index >= 15 is 0 Å². The highest BCUT2D eigenvalue weighted by Crippen LogP contribution is 2.33. The van der Waals surface area contributed by atoms with Crippen LogP contribution in [0.1, 0.15) is 38.0 Å². The first kappa shape index (κ1) is 15.0. The van der Waals surface area contributed by atoms with E-state index in [2.05, 4.69) is 12.2 Å². The summed E-state index contributed by atoms with van der Waals surface area (Å²) in [6.07, 6.45) is 3.09. The molecule has 0 saturated heterocycles. The molecule has 0 amide bonds. The molecular formula is C13H22N2O2S2. The van der Waals surface area contributed by atoms with Crippen molar-refractivity contribution in [3.05, 3.63) is 17.0 Å². The van der Waals surface area contributed by atoms with Crippen LogP contribution < -0.4 is 5.32 Å². The molecule has 4 nitrogen and oxygen atoms in total. The Labute approximate surface area is 119 Å². The lowest BCUT2D eigenvalue weighted by molar-refractivity contribution is 0.422. The van der Waals surface area contributed by atoms with E-state index in [0.717, 1.165) is 37.2 Å². The molecule has 108 valence electrons. The average Bonchev–Trinajstić information content (AvgIpc) is 3.07. The van der Waals surface area contributed by atoms with E-state index in [9.17, 15) is 8.42 Å². The van der Waals surface area contributed by atoms with Gasteiger partial charge in [0.1, 0.15) is 4.21 Å². The van der Waals surface area contributed by atoms with E-state index in [1.165, 1.54) is 11.3 Å². The van der Waals surface area contributed by atoms with Crippen molar-refractivity contribution >= 4 is 21.4 Å². The summed E-state index contributed by atoms with van der Waals surface area (Å²) >= 11 is 1.39. The molecule has 0 radical (unpaired) electrons. The van der Waals surface area contributed by atoms with Crippen LogP contribution in [0.2, 0.25) is 0 Å². The molecule has 1 aliphatic rings. The van der Waals surface area contributed by atoms with Gasteiger partial charge in [0, 0.05) is 24.0 Å². The van der Waals surface area contributed by atoms with Gasteiger partial charge < -0.3 is 5.32 Å². The van der Waals surface area contributed by atoms with Crippen LogP contribution in [-0.2, 0) is 16.6 Å². The van der Waals surface area contributed by atoms with Crippen molar-refractivity contribution in [2.75, 3.05) is 13.1 Å². The molecule has 0 aliphatic heterocycles. The van der Waals surface area contributed by atoms with E-state index in [0.29, 0.717) is 10.8 Å². The summed E-state index contributed by atoms with van der Waals surface area (Å²) in [5, 5.41) is 3.30. The van der Waals surface area contributed by atoms with E-state index in [4.69, 9.17) is 0 Å². The largest absolute Gasteiger partial charge is 0.312 e. The first-order valence-electron chi connectivity index (χ1n) is 6.90. The second-order valence-corrected chi connectivity index (χ2v) is 8.12. The summed E-state index contributed by atoms with van der Waals surface area (Å²) in [6.45, 7) is 6.31. The van der Waals surface area contributed by atoms with Gasteiger partial charge in [-0.2, -0.15) is 4.31 Å². The maximum absolute atomic E-state index is 12.5. The van der Waals surface area contributed by atoms with Crippen LogP contribution in [0, 0.1) is 0 Å². The summed E-state index contributed by atoms with van der Waals surface area (Å²) < 4.78 is 27.1. The number of nitrogens with zero attached hydrogens (tertiary/aromatic N) is 1. The highest BCUT2D eigenvalue weighted by atomic mass is 32.2. The Bertz CT molecular complexity index is 506. The zero-order chi connectivity index (χ0) is 13.9. The molecule has 1 aromatic heterocycles. The summed E-state index contributed by atoms with van der Waals surface area (Å²) in [5.74, 6) is 0. The minimum absolute atomic E-state index is 0.235. The van der Waals surface area contributed by atoms with Gasteiger partial charge in [0.25, 0.3) is 10.0 Å². The molecular weight excluding hydrogens is 280 g/mol. The highest BCUT2D eigenvalue weighted by Gasteiger charge is 2.37. The van der Waals surface area contributed by atoms with Crippen LogP contribution >= 0.6 is 11.3 Å². The van der Waals surface area contributed by atoms with Gasteiger partial charge in [0.2, 0.25) is 0 Å². The van der Waals surface area contributed by atoms with Gasteiger partial charge in [-0.3, -0.25) is 0 Å². The molecule has 6 heteroatoms. The monoisotopic (exact) mass is 302 g/mol. The Morgan fingerprint density at radius 1 is 1.37 bits per heavy atom. The fourth-order valence-corrected chi connectivity index (χ4v) is 5.23. The van der Waals surface area contributed by atoms with Crippen molar-refractivity contribution in [3.8, 4) is 0 Å². The Kier molecular flexibility index (Phi) is 5.00. The Balaban J connectivity index is 2.07. The zero-order valence-corrected chi connectivity index (χ0v) is 13.2. The molecule has 0 bridgehead atoms. The number of nitrogens with one attached hydrogen (secondary N) is 1. The quantitative estimate of drug-likeness (QED) is 0.750. The summed E-state index contributed by atoms with van der Waals surface area (Å²) in [4.78, 5) is 1.08. The smallest absolute Gasteiger partial charge is 0.252 e. The molecule has 1 aliphatic carbocycles. The molecule has 1 N–H and O–H groups in total. The summed E-state index contributed by atoms with van der Waals surface area (Å²) in [5.41, 5.74) is 0. The molecule has 0 spiro atoms. The van der Waals surface area contributed by atoms with Crippen molar-refractivity contribution in [2.24, 2.45) is 0 Å². The normalized spacial score (nSPS) is 16.2. The average molecular weight is 302 g/mol. The van der Waals surface area contributed by atoms with Gasteiger partial charge in [-0.05, 0) is 37.9 Å². The molecule has 1 aromatic rings. The Morgan fingerprint density at radius 3 is 2.68 bits per heavy atom. The van der Waals surface area contributed by atoms with Gasteiger partial charge in [-0.25, -0.2) is 8.42 Å². The third kappa shape index (κ3) is 3.56. The lowest BCUT2D eigenvalue weighted by Crippen LogP contribution is -2.32. The molecule has 1 saturated carbocycles. The van der Waals surface area contributed by atoms with Crippen LogP contribution in [0.3, 0.4) is 0 Å². The van der Waals surface area contributed by atoms with E-state index in [-0.39, 0.29) is 6.04 Å². The highest BCUT2D eigenvalue weighted by molar-refractivity contribution is 7.91. The number of sulfonamides is 1. The van der Waals surface area contributed by atoms with Crippen LogP contribution in [0.15, 0.2) is 16.3 Å². The molecule has 1 fully saturated rings. The van der Waals surface area contributed by atoms with Crippen LogP contribution in [0.5, 0.6) is 0 Å². The maximum Gasteiger partial charge on any atom is 0.252 e. The lowest BCUT2D eigenvalue weighted by Gasteiger charge is -2.18. The molecule has 1 heterocycles. The SMILES string of the molecule is CCCNCc1ccc(S(=O)(=O)N(CC)C2CC2)s1. The fourth-order valence-electron chi connectivity index (χ4n) is 2.08. The molecule has 0 unspecified atom stereocenters. The van der Waals surface area contributed by atoms with Crippen LogP contribution in [0.25, 0.3) is 0 Å². The molecule has 2 rings (SSSR count). The number of thiophene rings is 1. The Morgan fingerprint density at radius 2 is 2.11 bits per heavy atom. The van der Waals surface area contributed by atoms with Crippen molar-refractivity contribution < 1.29 is 8.42 Å². The van der Waals surface area contributed by atoms with E-state index in [1.54, 1.807) is 10.4 Å². The molecule has 0 aromatic carbocycles. The maximum atomic E-state index is 12.5. The third-order valence-electron chi connectivity index (χ3n) is 3.19. The second kappa shape index (κ2) is 6.35. The van der Waals surface area contributed by atoms with Crippen LogP contribution in [-0.4, -0.2) is 31.9 Å². The van der Waals surface area contributed by atoms with Crippen LogP contribution in [0.4, 0.5) is 0 Å². The zero-order valence-electron chi connectivity index (χ0n) is 11.6. The lowest BCUT2D eigenvalue weighted by atomic mass is 10.4.